The second kappa shape index (κ2) is 6.66. The van der Waals surface area contributed by atoms with E-state index >= 15 is 0 Å². The number of aromatic carboxylic acids is 1. The molecule has 0 bridgehead atoms. The number of carboxylic acids is 1. The first kappa shape index (κ1) is 17.1. The minimum Gasteiger partial charge on any atom is -0.478 e. The van der Waals surface area contributed by atoms with Crippen LogP contribution in [0.1, 0.15) is 29.3 Å². The highest BCUT2D eigenvalue weighted by atomic mass is 79.9. The molecule has 1 unspecified atom stereocenters. The largest absolute Gasteiger partial charge is 0.478 e. The summed E-state index contributed by atoms with van der Waals surface area (Å²) in [5.41, 5.74) is 0.363. The molecule has 0 amide bonds. The molecule has 1 atom stereocenters. The van der Waals surface area contributed by atoms with Crippen LogP contribution in [0.3, 0.4) is 0 Å². The van der Waals surface area contributed by atoms with E-state index in [0.717, 1.165) is 6.07 Å². The van der Waals surface area contributed by atoms with Crippen LogP contribution in [0.15, 0.2) is 21.5 Å². The lowest BCUT2D eigenvalue weighted by Crippen LogP contribution is -2.37. The monoisotopic (exact) mass is 365 g/mol. The maximum atomic E-state index is 12.2. The number of benzene rings is 1. The fraction of sp³-hybridized carbons (Fsp3) is 0.417. The molecule has 20 heavy (non-hydrogen) atoms. The summed E-state index contributed by atoms with van der Waals surface area (Å²) in [6.07, 6.45) is 0.425. The zero-order valence-corrected chi connectivity index (χ0v) is 13.5. The topological polar surface area (TPSA) is 104 Å². The van der Waals surface area contributed by atoms with Crippen LogP contribution in [0.4, 0.5) is 0 Å². The molecular formula is C12H16BrNO5S. The highest BCUT2D eigenvalue weighted by Gasteiger charge is 2.22. The van der Waals surface area contributed by atoms with Crippen LogP contribution in [-0.4, -0.2) is 37.2 Å². The van der Waals surface area contributed by atoms with Gasteiger partial charge in [0.15, 0.2) is 0 Å². The molecule has 0 fully saturated rings. The number of carbonyl (C=O) groups is 1. The number of aliphatic hydroxyl groups is 1. The van der Waals surface area contributed by atoms with Gasteiger partial charge in [0.1, 0.15) is 0 Å². The summed E-state index contributed by atoms with van der Waals surface area (Å²) < 4.78 is 27.1. The van der Waals surface area contributed by atoms with Gasteiger partial charge >= 0.3 is 5.97 Å². The zero-order valence-electron chi connectivity index (χ0n) is 11.1. The first-order chi connectivity index (χ1) is 9.22. The van der Waals surface area contributed by atoms with E-state index in [9.17, 15) is 13.2 Å². The molecule has 0 aliphatic heterocycles. The Kier molecular flexibility index (Phi) is 5.69. The number of rotatable bonds is 6. The van der Waals surface area contributed by atoms with E-state index in [4.69, 9.17) is 10.2 Å². The number of aliphatic hydroxyl groups excluding tert-OH is 1. The molecule has 0 aliphatic rings. The molecule has 0 heterocycles. The molecule has 0 saturated heterocycles. The van der Waals surface area contributed by atoms with Crippen molar-refractivity contribution < 1.29 is 23.4 Å². The van der Waals surface area contributed by atoms with Gasteiger partial charge in [-0.2, -0.15) is 0 Å². The zero-order chi connectivity index (χ0) is 15.5. The van der Waals surface area contributed by atoms with Gasteiger partial charge in [0.2, 0.25) is 10.0 Å². The third-order valence-electron chi connectivity index (χ3n) is 2.89. The first-order valence-electron chi connectivity index (χ1n) is 5.89. The Labute approximate surface area is 126 Å². The van der Waals surface area contributed by atoms with Crippen molar-refractivity contribution in [3.05, 3.63) is 27.7 Å². The Morgan fingerprint density at radius 2 is 2.05 bits per heavy atom. The highest BCUT2D eigenvalue weighted by molar-refractivity contribution is 9.10. The van der Waals surface area contributed by atoms with Crippen molar-refractivity contribution in [1.82, 2.24) is 4.72 Å². The van der Waals surface area contributed by atoms with Crippen molar-refractivity contribution in [2.24, 2.45) is 0 Å². The Balaban J connectivity index is 3.29. The average Bonchev–Trinajstić information content (AvgIpc) is 2.38. The van der Waals surface area contributed by atoms with Gasteiger partial charge in [-0.3, -0.25) is 0 Å². The van der Waals surface area contributed by atoms with E-state index in [1.165, 1.54) is 6.07 Å². The van der Waals surface area contributed by atoms with E-state index in [0.29, 0.717) is 16.5 Å². The van der Waals surface area contributed by atoms with Crippen molar-refractivity contribution in [3.63, 3.8) is 0 Å². The minimum absolute atomic E-state index is 0.0863. The normalized spacial score (nSPS) is 13.2. The van der Waals surface area contributed by atoms with E-state index in [1.807, 2.05) is 0 Å². The predicted molar refractivity (Wildman–Crippen MR) is 77.3 cm³/mol. The Morgan fingerprint density at radius 3 is 2.50 bits per heavy atom. The Bertz CT molecular complexity index is 611. The number of nitrogens with one attached hydrogen (secondary N) is 1. The van der Waals surface area contributed by atoms with Gasteiger partial charge in [-0.05, 0) is 31.0 Å². The molecule has 6 nitrogen and oxygen atoms in total. The lowest BCUT2D eigenvalue weighted by Gasteiger charge is -2.15. The number of hydrogen-bond donors (Lipinski definition) is 3. The summed E-state index contributed by atoms with van der Waals surface area (Å²) in [5.74, 6) is -1.20. The van der Waals surface area contributed by atoms with Crippen molar-refractivity contribution in [2.45, 2.75) is 31.2 Å². The molecule has 1 aromatic rings. The smallest absolute Gasteiger partial charge is 0.336 e. The predicted octanol–water partition coefficient (Wildman–Crippen LogP) is 1.50. The quantitative estimate of drug-likeness (QED) is 0.708. The summed E-state index contributed by atoms with van der Waals surface area (Å²) in [4.78, 5) is 11.0. The second-order valence-electron chi connectivity index (χ2n) is 4.29. The van der Waals surface area contributed by atoms with E-state index in [1.54, 1.807) is 13.8 Å². The average molecular weight is 366 g/mol. The van der Waals surface area contributed by atoms with Crippen LogP contribution in [0.25, 0.3) is 0 Å². The van der Waals surface area contributed by atoms with Crippen LogP contribution >= 0.6 is 15.9 Å². The minimum atomic E-state index is -3.88. The SMILES string of the molecule is CCC(CO)NS(=O)(=O)c1cc(Br)c(C)c(C(=O)O)c1. The van der Waals surface area contributed by atoms with Gasteiger partial charge < -0.3 is 10.2 Å². The summed E-state index contributed by atoms with van der Waals surface area (Å²) in [6.45, 7) is 2.99. The van der Waals surface area contributed by atoms with Crippen molar-refractivity contribution in [3.8, 4) is 0 Å². The van der Waals surface area contributed by atoms with Crippen LogP contribution in [0, 0.1) is 6.92 Å². The third-order valence-corrected chi connectivity index (χ3v) is 5.22. The number of sulfonamides is 1. The lowest BCUT2D eigenvalue weighted by atomic mass is 10.1. The maximum absolute atomic E-state index is 12.2. The lowest BCUT2D eigenvalue weighted by molar-refractivity contribution is 0.0695. The van der Waals surface area contributed by atoms with Gasteiger partial charge in [0.25, 0.3) is 0 Å². The molecule has 0 radical (unpaired) electrons. The summed E-state index contributed by atoms with van der Waals surface area (Å²) in [5, 5.41) is 18.1. The standard InChI is InChI=1S/C12H16BrNO5S/c1-3-8(6-15)14-20(18,19)9-4-10(12(16)17)7(2)11(13)5-9/h4-5,8,14-15H,3,6H2,1-2H3,(H,16,17). The molecule has 1 aromatic carbocycles. The molecule has 0 aliphatic carbocycles. The Morgan fingerprint density at radius 1 is 1.45 bits per heavy atom. The second-order valence-corrected chi connectivity index (χ2v) is 6.86. The van der Waals surface area contributed by atoms with Gasteiger partial charge in [0, 0.05) is 10.5 Å². The van der Waals surface area contributed by atoms with Crippen LogP contribution in [0.5, 0.6) is 0 Å². The highest BCUT2D eigenvalue weighted by Crippen LogP contribution is 2.25. The molecule has 112 valence electrons. The van der Waals surface area contributed by atoms with Crippen molar-refractivity contribution >= 4 is 31.9 Å². The molecule has 8 heteroatoms. The van der Waals surface area contributed by atoms with Crippen LogP contribution in [0.2, 0.25) is 0 Å². The third kappa shape index (κ3) is 3.78. The van der Waals surface area contributed by atoms with E-state index < -0.39 is 22.0 Å². The summed E-state index contributed by atoms with van der Waals surface area (Å²) >= 11 is 3.15. The maximum Gasteiger partial charge on any atom is 0.336 e. The van der Waals surface area contributed by atoms with Gasteiger partial charge in [-0.15, -0.1) is 0 Å². The van der Waals surface area contributed by atoms with Crippen LogP contribution in [-0.2, 0) is 10.0 Å². The first-order valence-corrected chi connectivity index (χ1v) is 8.17. The van der Waals surface area contributed by atoms with Crippen LogP contribution < -0.4 is 4.72 Å². The summed E-state index contributed by atoms with van der Waals surface area (Å²) in [7, 11) is -3.88. The van der Waals surface area contributed by atoms with Gasteiger partial charge in [0.05, 0.1) is 17.1 Å². The molecule has 1 rings (SSSR count). The molecule has 0 aromatic heterocycles. The fourth-order valence-electron chi connectivity index (χ4n) is 1.57. The van der Waals surface area contributed by atoms with Gasteiger partial charge in [-0.1, -0.05) is 22.9 Å². The van der Waals surface area contributed by atoms with E-state index in [2.05, 4.69) is 20.7 Å². The molecule has 3 N–H and O–H groups in total. The number of carboxylic acid groups (broad SMARTS) is 1. The van der Waals surface area contributed by atoms with Crippen molar-refractivity contribution in [1.29, 1.82) is 0 Å². The Hall–Kier alpha value is -0.960. The molecule has 0 spiro atoms. The number of hydrogen-bond acceptors (Lipinski definition) is 4. The number of halogens is 1. The van der Waals surface area contributed by atoms with Gasteiger partial charge in [-0.25, -0.2) is 17.9 Å². The fourth-order valence-corrected chi connectivity index (χ4v) is 3.54. The molecular weight excluding hydrogens is 350 g/mol. The van der Waals surface area contributed by atoms with E-state index in [-0.39, 0.29) is 17.1 Å². The summed E-state index contributed by atoms with van der Waals surface area (Å²) in [6, 6.07) is 1.84. The molecule has 0 saturated carbocycles. The van der Waals surface area contributed by atoms with Crippen molar-refractivity contribution in [2.75, 3.05) is 6.61 Å².